The fourth-order valence-corrected chi connectivity index (χ4v) is 2.42. The van der Waals surface area contributed by atoms with Gasteiger partial charge in [0.05, 0.1) is 15.1 Å². The second kappa shape index (κ2) is 5.90. The van der Waals surface area contributed by atoms with E-state index in [0.717, 1.165) is 0 Å². The van der Waals surface area contributed by atoms with Crippen molar-refractivity contribution in [3.8, 4) is 0 Å². The molecule has 80 valence electrons. The summed E-state index contributed by atoms with van der Waals surface area (Å²) in [6.07, 6.45) is 0.579. The Bertz CT molecular complexity index is 415. The molecule has 0 aliphatic rings. The van der Waals surface area contributed by atoms with Gasteiger partial charge in [0.15, 0.2) is 6.29 Å². The Hall–Kier alpha value is -0.0200. The van der Waals surface area contributed by atoms with E-state index >= 15 is 0 Å². The quantitative estimate of drug-likeness (QED) is 0.452. The van der Waals surface area contributed by atoms with Crippen molar-refractivity contribution in [3.05, 3.63) is 38.8 Å². The Morgan fingerprint density at radius 3 is 2.60 bits per heavy atom. The van der Waals surface area contributed by atoms with E-state index in [1.165, 1.54) is 0 Å². The minimum atomic E-state index is 0.121. The lowest BCUT2D eigenvalue weighted by atomic mass is 10.1. The lowest BCUT2D eigenvalue weighted by Crippen LogP contribution is -1.92. The summed E-state index contributed by atoms with van der Waals surface area (Å²) in [5, 5.41) is 1.39. The number of allylic oxidation sites excluding steroid dienone is 2. The van der Waals surface area contributed by atoms with Gasteiger partial charge >= 0.3 is 0 Å². The van der Waals surface area contributed by atoms with Crippen molar-refractivity contribution >= 4 is 62.6 Å². The van der Waals surface area contributed by atoms with Gasteiger partial charge in [-0.1, -0.05) is 62.9 Å². The first-order valence-electron chi connectivity index (χ1n) is 3.96. The Morgan fingerprint density at radius 1 is 1.40 bits per heavy atom. The van der Waals surface area contributed by atoms with Crippen LogP contribution in [0.15, 0.2) is 23.2 Å². The first kappa shape index (κ1) is 13.0. The molecule has 0 saturated carbocycles. The molecule has 0 spiro atoms. The highest BCUT2D eigenvalue weighted by molar-refractivity contribution is 9.09. The van der Waals surface area contributed by atoms with Crippen molar-refractivity contribution in [1.29, 1.82) is 0 Å². The average molecular weight is 328 g/mol. The Kier molecular flexibility index (Phi) is 5.13. The Balaban J connectivity index is 3.37. The molecule has 0 amide bonds. The van der Waals surface area contributed by atoms with E-state index in [9.17, 15) is 4.79 Å². The molecule has 5 heteroatoms. The van der Waals surface area contributed by atoms with E-state index in [2.05, 4.69) is 15.9 Å². The van der Waals surface area contributed by atoms with Crippen LogP contribution in [0.5, 0.6) is 0 Å². The molecule has 1 nitrogen and oxygen atoms in total. The van der Waals surface area contributed by atoms with Gasteiger partial charge in [-0.15, -0.1) is 0 Å². The molecule has 0 fully saturated rings. The minimum Gasteiger partial charge on any atom is -0.297 e. The fraction of sp³-hybridized carbons (Fsp3) is 0.100. The topological polar surface area (TPSA) is 17.1 Å². The second-order valence-corrected chi connectivity index (χ2v) is 4.43. The lowest BCUT2D eigenvalue weighted by molar-refractivity contribution is -0.104. The summed E-state index contributed by atoms with van der Waals surface area (Å²) in [6.45, 7) is 0. The van der Waals surface area contributed by atoms with E-state index in [1.54, 1.807) is 18.2 Å². The third kappa shape index (κ3) is 2.97. The van der Waals surface area contributed by atoms with Crippen LogP contribution in [0.3, 0.4) is 0 Å². The molecule has 0 bridgehead atoms. The van der Waals surface area contributed by atoms with Crippen LogP contribution in [-0.4, -0.2) is 11.6 Å². The van der Waals surface area contributed by atoms with E-state index < -0.39 is 0 Å². The molecule has 0 heterocycles. The van der Waals surface area contributed by atoms with Crippen LogP contribution < -0.4 is 0 Å². The predicted octanol–water partition coefficient (Wildman–Crippen LogP) is 4.54. The molecular formula is C10H6BrCl3O. The number of carbonyl (C=O) groups is 1. The summed E-state index contributed by atoms with van der Waals surface area (Å²) in [4.78, 5) is 10.6. The molecular weight excluding hydrogens is 322 g/mol. The van der Waals surface area contributed by atoms with Crippen molar-refractivity contribution in [2.45, 2.75) is 0 Å². The largest absolute Gasteiger partial charge is 0.297 e. The Morgan fingerprint density at radius 2 is 2.07 bits per heavy atom. The normalized spacial score (nSPS) is 12.3. The molecule has 0 aliphatic heterocycles. The Labute approximate surface area is 111 Å². The third-order valence-electron chi connectivity index (χ3n) is 1.80. The molecule has 1 aromatic carbocycles. The summed E-state index contributed by atoms with van der Waals surface area (Å²) < 4.78 is 0. The summed E-state index contributed by atoms with van der Waals surface area (Å²) in [5.41, 5.74) is 1.29. The van der Waals surface area contributed by atoms with Crippen LogP contribution in [-0.2, 0) is 4.79 Å². The number of benzene rings is 1. The minimum absolute atomic E-state index is 0.121. The van der Waals surface area contributed by atoms with Gasteiger partial charge < -0.3 is 0 Å². The van der Waals surface area contributed by atoms with Crippen molar-refractivity contribution in [2.75, 3.05) is 5.33 Å². The molecule has 1 aromatic rings. The SMILES string of the molecule is O=CC(Cl)=C(CBr)c1cccc(Cl)c1Cl. The highest BCUT2D eigenvalue weighted by Crippen LogP contribution is 2.33. The van der Waals surface area contributed by atoms with E-state index in [-0.39, 0.29) is 5.03 Å². The monoisotopic (exact) mass is 326 g/mol. The zero-order valence-corrected chi connectivity index (χ0v) is 11.3. The van der Waals surface area contributed by atoms with E-state index in [0.29, 0.717) is 32.8 Å². The van der Waals surface area contributed by atoms with Crippen LogP contribution in [0.25, 0.3) is 5.57 Å². The van der Waals surface area contributed by atoms with Gasteiger partial charge in [0.25, 0.3) is 0 Å². The maximum atomic E-state index is 10.6. The number of rotatable bonds is 3. The van der Waals surface area contributed by atoms with Gasteiger partial charge in [0.2, 0.25) is 0 Å². The van der Waals surface area contributed by atoms with Crippen LogP contribution in [0.1, 0.15) is 5.56 Å². The predicted molar refractivity (Wildman–Crippen MR) is 69.1 cm³/mol. The number of hydrogen-bond donors (Lipinski definition) is 0. The van der Waals surface area contributed by atoms with Gasteiger partial charge in [-0.05, 0) is 11.6 Å². The van der Waals surface area contributed by atoms with Gasteiger partial charge in [0, 0.05) is 10.9 Å². The number of halogens is 4. The molecule has 0 unspecified atom stereocenters. The number of aldehydes is 1. The maximum absolute atomic E-state index is 10.6. The zero-order chi connectivity index (χ0) is 11.4. The van der Waals surface area contributed by atoms with E-state index in [1.807, 2.05) is 0 Å². The molecule has 0 radical (unpaired) electrons. The number of alkyl halides is 1. The molecule has 15 heavy (non-hydrogen) atoms. The van der Waals surface area contributed by atoms with Crippen LogP contribution in [0, 0.1) is 0 Å². The van der Waals surface area contributed by atoms with Crippen molar-refractivity contribution < 1.29 is 4.79 Å². The summed E-state index contributed by atoms with van der Waals surface area (Å²) >= 11 is 20.9. The van der Waals surface area contributed by atoms with Gasteiger partial charge in [-0.25, -0.2) is 0 Å². The summed E-state index contributed by atoms with van der Waals surface area (Å²) in [6, 6.07) is 5.19. The second-order valence-electron chi connectivity index (χ2n) is 2.68. The highest BCUT2D eigenvalue weighted by atomic mass is 79.9. The third-order valence-corrected chi connectivity index (χ3v) is 3.50. The van der Waals surface area contributed by atoms with Crippen LogP contribution in [0.4, 0.5) is 0 Å². The molecule has 0 N–H and O–H groups in total. The standard InChI is InChI=1S/C10H6BrCl3O/c11-4-7(9(13)5-15)6-2-1-3-8(12)10(6)14/h1-3,5H,4H2. The maximum Gasteiger partial charge on any atom is 0.161 e. The van der Waals surface area contributed by atoms with Gasteiger partial charge in [0.1, 0.15) is 0 Å². The van der Waals surface area contributed by atoms with Gasteiger partial charge in [-0.3, -0.25) is 4.79 Å². The van der Waals surface area contributed by atoms with Crippen LogP contribution in [0.2, 0.25) is 10.0 Å². The number of hydrogen-bond acceptors (Lipinski definition) is 1. The van der Waals surface area contributed by atoms with Crippen molar-refractivity contribution in [2.24, 2.45) is 0 Å². The molecule has 0 aliphatic carbocycles. The smallest absolute Gasteiger partial charge is 0.161 e. The molecule has 0 saturated heterocycles. The highest BCUT2D eigenvalue weighted by Gasteiger charge is 2.11. The molecule has 0 atom stereocenters. The zero-order valence-electron chi connectivity index (χ0n) is 7.44. The lowest BCUT2D eigenvalue weighted by Gasteiger charge is -2.08. The average Bonchev–Trinajstić information content (AvgIpc) is 2.24. The summed E-state index contributed by atoms with van der Waals surface area (Å²) in [7, 11) is 0. The van der Waals surface area contributed by atoms with Gasteiger partial charge in [-0.2, -0.15) is 0 Å². The van der Waals surface area contributed by atoms with Crippen molar-refractivity contribution in [1.82, 2.24) is 0 Å². The molecule has 1 rings (SSSR count). The molecule has 0 aromatic heterocycles. The van der Waals surface area contributed by atoms with E-state index in [4.69, 9.17) is 34.8 Å². The van der Waals surface area contributed by atoms with Crippen molar-refractivity contribution in [3.63, 3.8) is 0 Å². The first-order chi connectivity index (χ1) is 7.11. The fourth-order valence-electron chi connectivity index (χ4n) is 1.07. The van der Waals surface area contributed by atoms with Crippen LogP contribution >= 0.6 is 50.7 Å². The number of carbonyl (C=O) groups excluding carboxylic acids is 1. The summed E-state index contributed by atoms with van der Waals surface area (Å²) in [5.74, 6) is 0. The first-order valence-corrected chi connectivity index (χ1v) is 6.21.